The Kier molecular flexibility index (Phi) is 7.34. The monoisotopic (exact) mass is 499 g/mol. The molecule has 1 aliphatic rings. The largest absolute Gasteiger partial charge is 0.339 e. The molecule has 0 spiro atoms. The van der Waals surface area contributed by atoms with Gasteiger partial charge in [0.25, 0.3) is 0 Å². The molecule has 1 fully saturated rings. The predicted octanol–water partition coefficient (Wildman–Crippen LogP) is 3.07. The van der Waals surface area contributed by atoms with E-state index < -0.39 is 10.0 Å². The number of piperazine rings is 1. The molecule has 1 amide bonds. The van der Waals surface area contributed by atoms with Crippen molar-refractivity contribution in [1.29, 1.82) is 0 Å². The molecule has 3 rings (SSSR count). The Morgan fingerprint density at radius 1 is 1.03 bits per heavy atom. The maximum atomic E-state index is 13.3. The maximum Gasteiger partial charge on any atom is 0.243 e. The third-order valence-electron chi connectivity index (χ3n) is 4.89. The summed E-state index contributed by atoms with van der Waals surface area (Å²) in [5, 5.41) is 0.574. The fourth-order valence-corrected chi connectivity index (χ4v) is 4.85. The fourth-order valence-electron chi connectivity index (χ4n) is 3.08. The van der Waals surface area contributed by atoms with Crippen molar-refractivity contribution in [3.63, 3.8) is 0 Å². The average Bonchev–Trinajstić information content (AvgIpc) is 2.70. The van der Waals surface area contributed by atoms with Gasteiger partial charge in [-0.2, -0.15) is 4.31 Å². The van der Waals surface area contributed by atoms with Crippen LogP contribution in [0.3, 0.4) is 0 Å². The zero-order chi connectivity index (χ0) is 21.0. The van der Waals surface area contributed by atoms with Gasteiger partial charge in [0, 0.05) is 42.2 Å². The van der Waals surface area contributed by atoms with Gasteiger partial charge in [-0.05, 0) is 49.0 Å². The fraction of sp³-hybridized carbons (Fsp3) is 0.350. The number of sulfonamides is 1. The van der Waals surface area contributed by atoms with Gasteiger partial charge < -0.3 is 9.80 Å². The Morgan fingerprint density at radius 3 is 2.21 bits per heavy atom. The van der Waals surface area contributed by atoms with Crippen molar-refractivity contribution in [2.45, 2.75) is 11.4 Å². The smallest absolute Gasteiger partial charge is 0.243 e. The molecule has 0 atom stereocenters. The van der Waals surface area contributed by atoms with Crippen LogP contribution in [0.5, 0.6) is 0 Å². The third-order valence-corrected chi connectivity index (χ3v) is 7.48. The van der Waals surface area contributed by atoms with E-state index in [1.165, 1.54) is 16.4 Å². The lowest BCUT2D eigenvalue weighted by molar-refractivity contribution is -0.133. The second-order valence-electron chi connectivity index (χ2n) is 7.04. The quantitative estimate of drug-likeness (QED) is 0.612. The molecule has 0 aliphatic carbocycles. The molecule has 0 N–H and O–H groups in total. The van der Waals surface area contributed by atoms with E-state index in [9.17, 15) is 13.2 Å². The summed E-state index contributed by atoms with van der Waals surface area (Å²) in [4.78, 5) is 16.9. The molecule has 6 nitrogen and oxygen atoms in total. The lowest BCUT2D eigenvalue weighted by atomic mass is 10.2. The van der Waals surface area contributed by atoms with Gasteiger partial charge in [0.2, 0.25) is 15.9 Å². The first kappa shape index (κ1) is 22.2. The minimum Gasteiger partial charge on any atom is -0.339 e. The zero-order valence-corrected chi connectivity index (χ0v) is 19.3. The van der Waals surface area contributed by atoms with Crippen molar-refractivity contribution in [3.05, 3.63) is 63.6 Å². The van der Waals surface area contributed by atoms with Gasteiger partial charge in [-0.25, -0.2) is 8.42 Å². The van der Waals surface area contributed by atoms with Crippen LogP contribution < -0.4 is 0 Å². The first-order valence-electron chi connectivity index (χ1n) is 9.22. The molecule has 0 saturated carbocycles. The summed E-state index contributed by atoms with van der Waals surface area (Å²) >= 11 is 9.27. The molecular weight excluding hydrogens is 478 g/mol. The van der Waals surface area contributed by atoms with Gasteiger partial charge in [0.05, 0.1) is 11.4 Å². The van der Waals surface area contributed by atoms with Gasteiger partial charge in [-0.3, -0.25) is 4.79 Å². The predicted molar refractivity (Wildman–Crippen MR) is 117 cm³/mol. The summed E-state index contributed by atoms with van der Waals surface area (Å²) in [6.07, 6.45) is 0. The van der Waals surface area contributed by atoms with Crippen LogP contribution in [-0.4, -0.2) is 68.2 Å². The van der Waals surface area contributed by atoms with Crippen LogP contribution in [-0.2, 0) is 21.4 Å². The van der Waals surface area contributed by atoms with Crippen molar-refractivity contribution in [3.8, 4) is 0 Å². The van der Waals surface area contributed by atoms with E-state index in [2.05, 4.69) is 20.8 Å². The van der Waals surface area contributed by atoms with E-state index in [0.29, 0.717) is 18.1 Å². The highest BCUT2D eigenvalue weighted by Crippen LogP contribution is 2.22. The number of carbonyl (C=O) groups is 1. The molecule has 2 aromatic carbocycles. The molecule has 9 heteroatoms. The van der Waals surface area contributed by atoms with Gasteiger partial charge in [0.15, 0.2) is 0 Å². The zero-order valence-electron chi connectivity index (χ0n) is 16.1. The van der Waals surface area contributed by atoms with Gasteiger partial charge in [0.1, 0.15) is 0 Å². The highest BCUT2D eigenvalue weighted by atomic mass is 79.9. The summed E-state index contributed by atoms with van der Waals surface area (Å²) in [7, 11) is -1.84. The van der Waals surface area contributed by atoms with Crippen molar-refractivity contribution in [1.82, 2.24) is 14.1 Å². The first-order chi connectivity index (χ1) is 13.8. The molecule has 29 heavy (non-hydrogen) atoms. The molecule has 0 radical (unpaired) electrons. The second-order valence-corrected chi connectivity index (χ2v) is 10.3. The van der Waals surface area contributed by atoms with Crippen molar-refractivity contribution < 1.29 is 13.2 Å². The number of amides is 1. The lowest BCUT2D eigenvalue weighted by Crippen LogP contribution is -2.50. The highest BCUT2D eigenvalue weighted by molar-refractivity contribution is 9.10. The summed E-state index contributed by atoms with van der Waals surface area (Å²) in [6.45, 7) is 2.65. The van der Waals surface area contributed by atoms with Crippen LogP contribution in [0.25, 0.3) is 0 Å². The van der Waals surface area contributed by atoms with Gasteiger partial charge >= 0.3 is 0 Å². The maximum absolute atomic E-state index is 13.3. The summed E-state index contributed by atoms with van der Waals surface area (Å²) in [5.41, 5.74) is 0.765. The number of likely N-dealkylation sites (N-methyl/N-ethyl adjacent to an activating group) is 1. The van der Waals surface area contributed by atoms with E-state index in [1.807, 2.05) is 7.05 Å². The van der Waals surface area contributed by atoms with E-state index >= 15 is 0 Å². The molecular formula is C20H23BrClN3O3S. The van der Waals surface area contributed by atoms with Crippen LogP contribution in [0.1, 0.15) is 5.56 Å². The molecule has 1 saturated heterocycles. The van der Waals surface area contributed by atoms with Gasteiger partial charge in [-0.1, -0.05) is 39.7 Å². The Balaban J connectivity index is 1.85. The van der Waals surface area contributed by atoms with Crippen molar-refractivity contribution in [2.75, 3.05) is 39.8 Å². The minimum atomic E-state index is -3.85. The van der Waals surface area contributed by atoms with Crippen LogP contribution in [0.2, 0.25) is 5.02 Å². The molecule has 0 bridgehead atoms. The summed E-state index contributed by atoms with van der Waals surface area (Å²) in [5.74, 6) is -0.187. The number of hydrogen-bond donors (Lipinski definition) is 0. The molecule has 0 aromatic heterocycles. The second kappa shape index (κ2) is 9.57. The van der Waals surface area contributed by atoms with Crippen LogP contribution in [0.15, 0.2) is 57.9 Å². The van der Waals surface area contributed by atoms with Crippen LogP contribution in [0.4, 0.5) is 0 Å². The Morgan fingerprint density at radius 2 is 1.62 bits per heavy atom. The Labute approximate surface area is 185 Å². The molecule has 2 aromatic rings. The SMILES string of the molecule is CN1CCN(C(=O)CN(Cc2ccc(Cl)cc2)S(=O)(=O)c2ccc(Br)cc2)CC1. The van der Waals surface area contributed by atoms with Crippen LogP contribution in [0, 0.1) is 0 Å². The molecule has 1 heterocycles. The normalized spacial score (nSPS) is 15.7. The van der Waals surface area contributed by atoms with E-state index in [1.54, 1.807) is 41.3 Å². The number of halogens is 2. The molecule has 1 aliphatic heterocycles. The highest BCUT2D eigenvalue weighted by Gasteiger charge is 2.29. The molecule has 0 unspecified atom stereocenters. The number of carbonyl (C=O) groups excluding carboxylic acids is 1. The minimum absolute atomic E-state index is 0.0923. The summed E-state index contributed by atoms with van der Waals surface area (Å²) < 4.78 is 28.6. The average molecular weight is 501 g/mol. The summed E-state index contributed by atoms with van der Waals surface area (Å²) in [6, 6.07) is 13.4. The third kappa shape index (κ3) is 5.79. The number of nitrogens with zero attached hydrogens (tertiary/aromatic N) is 3. The first-order valence-corrected chi connectivity index (χ1v) is 11.8. The standard InChI is InChI=1S/C20H23BrClN3O3S/c1-23-10-12-24(13-11-23)20(26)15-25(14-16-2-6-18(22)7-3-16)29(27,28)19-8-4-17(21)5-9-19/h2-9H,10-15H2,1H3. The van der Waals surface area contributed by atoms with E-state index in [-0.39, 0.29) is 23.9 Å². The molecule has 156 valence electrons. The number of rotatable bonds is 6. The Bertz CT molecular complexity index is 944. The number of hydrogen-bond acceptors (Lipinski definition) is 4. The topological polar surface area (TPSA) is 60.9 Å². The lowest BCUT2D eigenvalue weighted by Gasteiger charge is -2.33. The van der Waals surface area contributed by atoms with Crippen molar-refractivity contribution >= 4 is 43.5 Å². The van der Waals surface area contributed by atoms with Crippen LogP contribution >= 0.6 is 27.5 Å². The van der Waals surface area contributed by atoms with Crippen molar-refractivity contribution in [2.24, 2.45) is 0 Å². The Hall–Kier alpha value is -1.45. The number of benzene rings is 2. The van der Waals surface area contributed by atoms with Gasteiger partial charge in [-0.15, -0.1) is 0 Å². The van der Waals surface area contributed by atoms with E-state index in [0.717, 1.165) is 23.1 Å². The van der Waals surface area contributed by atoms with E-state index in [4.69, 9.17) is 11.6 Å².